The van der Waals surface area contributed by atoms with Crippen LogP contribution in [-0.2, 0) is 0 Å². The molecule has 5 nitrogen and oxygen atoms in total. The van der Waals surface area contributed by atoms with Gasteiger partial charge < -0.3 is 10.4 Å². The summed E-state index contributed by atoms with van der Waals surface area (Å²) in [7, 11) is 0. The zero-order valence-corrected chi connectivity index (χ0v) is 14.1. The predicted molar refractivity (Wildman–Crippen MR) is 92.4 cm³/mol. The minimum Gasteiger partial charge on any atom is -0.394 e. The molecule has 2 aromatic heterocycles. The van der Waals surface area contributed by atoms with E-state index in [0.29, 0.717) is 4.88 Å². The van der Waals surface area contributed by atoms with E-state index in [9.17, 15) is 4.79 Å². The minimum absolute atomic E-state index is 0.0767. The lowest BCUT2D eigenvalue weighted by molar-refractivity contribution is 0.0926. The van der Waals surface area contributed by atoms with E-state index in [4.69, 9.17) is 5.11 Å². The van der Waals surface area contributed by atoms with Crippen LogP contribution in [0.3, 0.4) is 0 Å². The fraction of sp³-hybridized carbons (Fsp3) is 0.294. The Labute approximate surface area is 138 Å². The van der Waals surface area contributed by atoms with Crippen molar-refractivity contribution in [3.63, 3.8) is 0 Å². The minimum atomic E-state index is -0.262. The maximum absolute atomic E-state index is 12.3. The number of aromatic nitrogens is 2. The van der Waals surface area contributed by atoms with Gasteiger partial charge >= 0.3 is 0 Å². The number of aliphatic hydroxyl groups is 1. The van der Waals surface area contributed by atoms with Gasteiger partial charge in [-0.05, 0) is 38.5 Å². The van der Waals surface area contributed by atoms with Gasteiger partial charge in [-0.15, -0.1) is 11.3 Å². The molecule has 0 spiro atoms. The number of rotatable bonds is 4. The molecule has 0 bridgehead atoms. The fourth-order valence-corrected chi connectivity index (χ4v) is 3.54. The summed E-state index contributed by atoms with van der Waals surface area (Å²) < 4.78 is 1.90. The van der Waals surface area contributed by atoms with Crippen LogP contribution in [0, 0.1) is 13.8 Å². The first kappa shape index (κ1) is 15.7. The van der Waals surface area contributed by atoms with Gasteiger partial charge in [-0.2, -0.15) is 5.10 Å². The molecule has 0 aliphatic rings. The molecule has 23 heavy (non-hydrogen) atoms. The van der Waals surface area contributed by atoms with E-state index >= 15 is 0 Å². The quantitative estimate of drug-likeness (QED) is 0.773. The maximum atomic E-state index is 12.3. The van der Waals surface area contributed by atoms with Crippen LogP contribution in [-0.4, -0.2) is 33.4 Å². The molecule has 3 aromatic rings. The number of para-hydroxylation sites is 1. The summed E-state index contributed by atoms with van der Waals surface area (Å²) in [5.41, 5.74) is 3.04. The van der Waals surface area contributed by atoms with E-state index in [0.717, 1.165) is 27.2 Å². The predicted octanol–water partition coefficient (Wildman–Crippen LogP) is 2.81. The van der Waals surface area contributed by atoms with Crippen LogP contribution in [0.2, 0.25) is 0 Å². The number of aliphatic hydroxyl groups excluding tert-OH is 1. The van der Waals surface area contributed by atoms with Gasteiger partial charge in [0.25, 0.3) is 5.91 Å². The number of thiophene rings is 1. The van der Waals surface area contributed by atoms with Gasteiger partial charge in [0.15, 0.2) is 0 Å². The van der Waals surface area contributed by atoms with Crippen LogP contribution >= 0.6 is 11.3 Å². The standard InChI is InChI=1S/C17H19N3O2S/c1-10-6-4-5-7-14(10)20-17-13(12(3)19-20)8-15(23-17)16(22)18-11(2)9-21/h4-8,11,21H,9H2,1-3H3,(H,18,22). The Kier molecular flexibility index (Phi) is 4.19. The molecule has 0 fully saturated rings. The van der Waals surface area contributed by atoms with Crippen molar-refractivity contribution < 1.29 is 9.90 Å². The van der Waals surface area contributed by atoms with Crippen molar-refractivity contribution in [2.75, 3.05) is 6.61 Å². The summed E-state index contributed by atoms with van der Waals surface area (Å²) in [6.45, 7) is 5.68. The molecule has 1 unspecified atom stereocenters. The van der Waals surface area contributed by atoms with Crippen molar-refractivity contribution in [2.45, 2.75) is 26.8 Å². The monoisotopic (exact) mass is 329 g/mol. The number of aryl methyl sites for hydroxylation is 2. The van der Waals surface area contributed by atoms with Crippen LogP contribution < -0.4 is 5.32 Å². The molecule has 0 saturated carbocycles. The average molecular weight is 329 g/mol. The lowest BCUT2D eigenvalue weighted by Gasteiger charge is -2.09. The highest BCUT2D eigenvalue weighted by molar-refractivity contribution is 7.20. The lowest BCUT2D eigenvalue weighted by atomic mass is 10.2. The second kappa shape index (κ2) is 6.14. The summed E-state index contributed by atoms with van der Waals surface area (Å²) in [5.74, 6) is -0.163. The molecule has 1 atom stereocenters. The number of amides is 1. The molecule has 3 rings (SSSR count). The second-order valence-electron chi connectivity index (χ2n) is 5.67. The lowest BCUT2D eigenvalue weighted by Crippen LogP contribution is -2.34. The Morgan fingerprint density at radius 3 is 2.83 bits per heavy atom. The molecular weight excluding hydrogens is 310 g/mol. The van der Waals surface area contributed by atoms with E-state index in [2.05, 4.69) is 10.4 Å². The third-order valence-corrected chi connectivity index (χ3v) is 4.87. The summed E-state index contributed by atoms with van der Waals surface area (Å²) in [6.07, 6.45) is 0. The number of hydrogen-bond acceptors (Lipinski definition) is 4. The van der Waals surface area contributed by atoms with Crippen molar-refractivity contribution in [3.8, 4) is 5.69 Å². The molecule has 0 aliphatic carbocycles. The smallest absolute Gasteiger partial charge is 0.261 e. The van der Waals surface area contributed by atoms with E-state index in [1.54, 1.807) is 6.92 Å². The van der Waals surface area contributed by atoms with Crippen molar-refractivity contribution in [1.82, 2.24) is 15.1 Å². The van der Waals surface area contributed by atoms with E-state index in [1.807, 2.05) is 48.9 Å². The highest BCUT2D eigenvalue weighted by atomic mass is 32.1. The molecule has 2 N–H and O–H groups in total. The molecule has 0 aliphatic heterocycles. The van der Waals surface area contributed by atoms with Crippen molar-refractivity contribution in [3.05, 3.63) is 46.5 Å². The SMILES string of the molecule is Cc1ccccc1-n1nc(C)c2cc(C(=O)NC(C)CO)sc21. The molecule has 120 valence electrons. The number of hydrogen-bond donors (Lipinski definition) is 2. The number of benzene rings is 1. The summed E-state index contributed by atoms with van der Waals surface area (Å²) in [4.78, 5) is 13.9. The molecule has 1 aromatic carbocycles. The largest absolute Gasteiger partial charge is 0.394 e. The van der Waals surface area contributed by atoms with E-state index in [-0.39, 0.29) is 18.6 Å². The van der Waals surface area contributed by atoms with Crippen molar-refractivity contribution in [1.29, 1.82) is 0 Å². The second-order valence-corrected chi connectivity index (χ2v) is 6.70. The van der Waals surface area contributed by atoms with Gasteiger partial charge in [0.2, 0.25) is 0 Å². The van der Waals surface area contributed by atoms with E-state index < -0.39 is 0 Å². The normalized spacial score (nSPS) is 12.5. The van der Waals surface area contributed by atoms with Crippen LogP contribution in [0.4, 0.5) is 0 Å². The van der Waals surface area contributed by atoms with Gasteiger partial charge in [-0.3, -0.25) is 4.79 Å². The molecular formula is C17H19N3O2S. The van der Waals surface area contributed by atoms with Gasteiger partial charge in [-0.25, -0.2) is 4.68 Å². The van der Waals surface area contributed by atoms with Gasteiger partial charge in [0.1, 0.15) is 4.83 Å². The molecule has 6 heteroatoms. The number of nitrogens with one attached hydrogen (secondary N) is 1. The first-order valence-electron chi connectivity index (χ1n) is 7.48. The highest BCUT2D eigenvalue weighted by Gasteiger charge is 2.18. The topological polar surface area (TPSA) is 67.2 Å². The zero-order chi connectivity index (χ0) is 16.6. The van der Waals surface area contributed by atoms with Gasteiger partial charge in [0.05, 0.1) is 22.9 Å². The Hall–Kier alpha value is -2.18. The zero-order valence-electron chi connectivity index (χ0n) is 13.3. The summed E-state index contributed by atoms with van der Waals surface area (Å²) in [5, 5.41) is 17.5. The van der Waals surface area contributed by atoms with Crippen molar-refractivity contribution in [2.24, 2.45) is 0 Å². The molecule has 2 heterocycles. The number of carbonyl (C=O) groups is 1. The Bertz CT molecular complexity index is 866. The molecule has 0 saturated heterocycles. The third kappa shape index (κ3) is 2.87. The van der Waals surface area contributed by atoms with Gasteiger partial charge in [-0.1, -0.05) is 18.2 Å². The number of carbonyl (C=O) groups excluding carboxylic acids is 1. The summed E-state index contributed by atoms with van der Waals surface area (Å²) >= 11 is 1.42. The van der Waals surface area contributed by atoms with E-state index in [1.165, 1.54) is 11.3 Å². The maximum Gasteiger partial charge on any atom is 0.261 e. The van der Waals surface area contributed by atoms with Gasteiger partial charge in [0, 0.05) is 11.4 Å². The van der Waals surface area contributed by atoms with Crippen LogP contribution in [0.1, 0.15) is 27.9 Å². The van der Waals surface area contributed by atoms with Crippen LogP contribution in [0.5, 0.6) is 0 Å². The Morgan fingerprint density at radius 2 is 2.13 bits per heavy atom. The Morgan fingerprint density at radius 1 is 1.39 bits per heavy atom. The number of fused-ring (bicyclic) bond motifs is 1. The average Bonchev–Trinajstić information content (AvgIpc) is 3.09. The molecule has 0 radical (unpaired) electrons. The fourth-order valence-electron chi connectivity index (χ4n) is 2.46. The van der Waals surface area contributed by atoms with Crippen LogP contribution in [0.15, 0.2) is 30.3 Å². The first-order chi connectivity index (χ1) is 11.0. The molecule has 1 amide bonds. The number of nitrogens with zero attached hydrogens (tertiary/aromatic N) is 2. The first-order valence-corrected chi connectivity index (χ1v) is 8.29. The Balaban J connectivity index is 2.06. The highest BCUT2D eigenvalue weighted by Crippen LogP contribution is 2.31. The van der Waals surface area contributed by atoms with Crippen molar-refractivity contribution >= 4 is 27.5 Å². The summed E-state index contributed by atoms with van der Waals surface area (Å²) in [6, 6.07) is 9.65. The third-order valence-electron chi connectivity index (χ3n) is 3.76. The van der Waals surface area contributed by atoms with Crippen LogP contribution in [0.25, 0.3) is 15.9 Å².